The van der Waals surface area contributed by atoms with E-state index in [1.807, 2.05) is 35.9 Å². The fourth-order valence-corrected chi connectivity index (χ4v) is 2.69. The van der Waals surface area contributed by atoms with Gasteiger partial charge in [-0.3, -0.25) is 0 Å². The van der Waals surface area contributed by atoms with E-state index in [9.17, 15) is 20.4 Å². The Balaban J connectivity index is 1.87. The largest absolute Gasteiger partial charge is 0.460 e. The summed E-state index contributed by atoms with van der Waals surface area (Å²) in [6.45, 7) is -0.486. The molecule has 1 saturated heterocycles. The highest BCUT2D eigenvalue weighted by Gasteiger charge is 2.44. The standard InChI is InChI=1S/C15H19NO6/c1-16-6-10(8-4-2-3-5-9(8)16)21-15-14(20)13(19)12(18)11(7-17)22-15/h2-6,11-15,17-20H,7H2,1H3/t11-,12+,13-,14-,15-/m1/s1. The van der Waals surface area contributed by atoms with Crippen molar-refractivity contribution in [2.45, 2.75) is 30.7 Å². The topological polar surface area (TPSA) is 104 Å². The number of aryl methyl sites for hydroxylation is 1. The van der Waals surface area contributed by atoms with Crippen LogP contribution in [0.5, 0.6) is 5.75 Å². The van der Waals surface area contributed by atoms with Crippen molar-refractivity contribution in [3.05, 3.63) is 30.5 Å². The molecule has 2 aromatic rings. The van der Waals surface area contributed by atoms with Crippen LogP contribution in [-0.2, 0) is 11.8 Å². The van der Waals surface area contributed by atoms with Gasteiger partial charge in [-0.2, -0.15) is 0 Å². The lowest BCUT2D eigenvalue weighted by molar-refractivity contribution is -0.277. The van der Waals surface area contributed by atoms with Crippen molar-refractivity contribution in [3.63, 3.8) is 0 Å². The molecule has 5 atom stereocenters. The molecule has 0 unspecified atom stereocenters. The van der Waals surface area contributed by atoms with Crippen molar-refractivity contribution < 1.29 is 29.9 Å². The highest BCUT2D eigenvalue weighted by Crippen LogP contribution is 2.30. The summed E-state index contributed by atoms with van der Waals surface area (Å²) < 4.78 is 12.9. The predicted molar refractivity (Wildman–Crippen MR) is 77.3 cm³/mol. The molecule has 0 radical (unpaired) electrons. The fourth-order valence-electron chi connectivity index (χ4n) is 2.69. The van der Waals surface area contributed by atoms with E-state index in [1.165, 1.54) is 0 Å². The van der Waals surface area contributed by atoms with Crippen LogP contribution in [0.25, 0.3) is 10.9 Å². The number of para-hydroxylation sites is 1. The lowest BCUT2D eigenvalue weighted by atomic mass is 9.99. The summed E-state index contributed by atoms with van der Waals surface area (Å²) in [4.78, 5) is 0. The van der Waals surface area contributed by atoms with Crippen molar-refractivity contribution in [1.82, 2.24) is 4.57 Å². The number of hydrogen-bond donors (Lipinski definition) is 4. The van der Waals surface area contributed by atoms with E-state index in [-0.39, 0.29) is 0 Å². The lowest BCUT2D eigenvalue weighted by Crippen LogP contribution is -2.60. The van der Waals surface area contributed by atoms with Gasteiger partial charge in [0.2, 0.25) is 6.29 Å². The van der Waals surface area contributed by atoms with Crippen LogP contribution in [0, 0.1) is 0 Å². The number of benzene rings is 1. The summed E-state index contributed by atoms with van der Waals surface area (Å²) in [5.74, 6) is 0.488. The van der Waals surface area contributed by atoms with E-state index in [2.05, 4.69) is 0 Å². The molecule has 7 heteroatoms. The summed E-state index contributed by atoms with van der Waals surface area (Å²) in [6, 6.07) is 7.56. The van der Waals surface area contributed by atoms with Crippen LogP contribution in [-0.4, -0.2) is 62.3 Å². The molecule has 1 aliphatic heterocycles. The average Bonchev–Trinajstić information content (AvgIpc) is 2.84. The molecule has 22 heavy (non-hydrogen) atoms. The molecule has 3 rings (SSSR count). The second-order valence-corrected chi connectivity index (χ2v) is 5.44. The molecule has 1 fully saturated rings. The molecule has 0 spiro atoms. The van der Waals surface area contributed by atoms with E-state index in [4.69, 9.17) is 9.47 Å². The van der Waals surface area contributed by atoms with Gasteiger partial charge in [0.15, 0.2) is 0 Å². The van der Waals surface area contributed by atoms with Crippen molar-refractivity contribution in [1.29, 1.82) is 0 Å². The molecule has 7 nitrogen and oxygen atoms in total. The number of nitrogens with zero attached hydrogens (tertiary/aromatic N) is 1. The van der Waals surface area contributed by atoms with Crippen LogP contribution in [0.4, 0.5) is 0 Å². The Hall–Kier alpha value is -1.64. The van der Waals surface area contributed by atoms with Crippen LogP contribution < -0.4 is 4.74 Å². The number of aliphatic hydroxyl groups is 4. The third-order valence-electron chi connectivity index (χ3n) is 3.95. The molecule has 0 amide bonds. The van der Waals surface area contributed by atoms with Crippen LogP contribution in [0.2, 0.25) is 0 Å². The second-order valence-electron chi connectivity index (χ2n) is 5.44. The van der Waals surface area contributed by atoms with Crippen LogP contribution >= 0.6 is 0 Å². The molecular formula is C15H19NO6. The molecule has 120 valence electrons. The highest BCUT2D eigenvalue weighted by atomic mass is 16.7. The first kappa shape index (κ1) is 15.3. The predicted octanol–water partition coefficient (Wildman–Crippen LogP) is -0.643. The first-order valence-electron chi connectivity index (χ1n) is 7.04. The van der Waals surface area contributed by atoms with Crippen molar-refractivity contribution in [3.8, 4) is 5.75 Å². The maximum atomic E-state index is 10.0. The maximum Gasteiger partial charge on any atom is 0.229 e. The minimum Gasteiger partial charge on any atom is -0.460 e. The molecule has 2 heterocycles. The van der Waals surface area contributed by atoms with Gasteiger partial charge >= 0.3 is 0 Å². The summed E-state index contributed by atoms with van der Waals surface area (Å²) in [6.07, 6.45) is -4.69. The van der Waals surface area contributed by atoms with Gasteiger partial charge in [0, 0.05) is 18.6 Å². The van der Waals surface area contributed by atoms with Gasteiger partial charge in [0.1, 0.15) is 30.2 Å². The van der Waals surface area contributed by atoms with Crippen molar-refractivity contribution in [2.24, 2.45) is 7.05 Å². The van der Waals surface area contributed by atoms with Gasteiger partial charge in [-0.05, 0) is 12.1 Å². The van der Waals surface area contributed by atoms with Gasteiger partial charge in [-0.15, -0.1) is 0 Å². The van der Waals surface area contributed by atoms with Gasteiger partial charge in [-0.25, -0.2) is 0 Å². The zero-order chi connectivity index (χ0) is 15.9. The lowest BCUT2D eigenvalue weighted by Gasteiger charge is -2.39. The summed E-state index contributed by atoms with van der Waals surface area (Å²) in [7, 11) is 1.86. The fraction of sp³-hybridized carbons (Fsp3) is 0.467. The van der Waals surface area contributed by atoms with E-state index < -0.39 is 37.3 Å². The second kappa shape index (κ2) is 5.86. The molecule has 1 aliphatic rings. The number of rotatable bonds is 3. The number of aliphatic hydroxyl groups excluding tert-OH is 4. The molecule has 1 aromatic heterocycles. The van der Waals surface area contributed by atoms with E-state index in [0.717, 1.165) is 10.9 Å². The SMILES string of the molecule is Cn1cc(O[C@@H]2O[C@H](CO)[C@H](O)[C@@H](O)[C@H]2O)c2ccccc21. The molecule has 0 bridgehead atoms. The smallest absolute Gasteiger partial charge is 0.229 e. The van der Waals surface area contributed by atoms with Crippen molar-refractivity contribution in [2.75, 3.05) is 6.61 Å². The van der Waals surface area contributed by atoms with Crippen LogP contribution in [0.15, 0.2) is 30.5 Å². The van der Waals surface area contributed by atoms with Crippen LogP contribution in [0.3, 0.4) is 0 Å². The normalized spacial score (nSPS) is 32.3. The Labute approximate surface area is 126 Å². The number of hydrogen-bond acceptors (Lipinski definition) is 6. The maximum absolute atomic E-state index is 10.0. The van der Waals surface area contributed by atoms with Gasteiger partial charge in [0.05, 0.1) is 12.1 Å². The quantitative estimate of drug-likeness (QED) is 0.601. The minimum atomic E-state index is -1.45. The third kappa shape index (κ3) is 2.47. The number of aromatic nitrogens is 1. The van der Waals surface area contributed by atoms with E-state index in [0.29, 0.717) is 5.75 Å². The Bertz CT molecular complexity index is 655. The monoisotopic (exact) mass is 309 g/mol. The number of ether oxygens (including phenoxy) is 2. The molecule has 4 N–H and O–H groups in total. The first-order valence-corrected chi connectivity index (χ1v) is 7.04. The third-order valence-corrected chi connectivity index (χ3v) is 3.95. The highest BCUT2D eigenvalue weighted by molar-refractivity contribution is 5.86. The Morgan fingerprint density at radius 1 is 1.14 bits per heavy atom. The first-order chi connectivity index (χ1) is 10.5. The van der Waals surface area contributed by atoms with Crippen LogP contribution in [0.1, 0.15) is 0 Å². The summed E-state index contributed by atoms with van der Waals surface area (Å²) >= 11 is 0. The van der Waals surface area contributed by atoms with E-state index in [1.54, 1.807) is 6.20 Å². The summed E-state index contributed by atoms with van der Waals surface area (Å²) in [5, 5.41) is 39.6. The summed E-state index contributed by atoms with van der Waals surface area (Å²) in [5.41, 5.74) is 0.946. The van der Waals surface area contributed by atoms with Crippen molar-refractivity contribution >= 4 is 10.9 Å². The number of fused-ring (bicyclic) bond motifs is 1. The average molecular weight is 309 g/mol. The minimum absolute atomic E-state index is 0.486. The van der Waals surface area contributed by atoms with E-state index >= 15 is 0 Å². The Morgan fingerprint density at radius 3 is 2.59 bits per heavy atom. The Morgan fingerprint density at radius 2 is 1.86 bits per heavy atom. The molecule has 0 aliphatic carbocycles. The Kier molecular flexibility index (Phi) is 4.07. The molecular weight excluding hydrogens is 290 g/mol. The van der Waals surface area contributed by atoms with Gasteiger partial charge in [0.25, 0.3) is 0 Å². The zero-order valence-corrected chi connectivity index (χ0v) is 12.0. The molecule has 1 aromatic carbocycles. The zero-order valence-electron chi connectivity index (χ0n) is 12.0. The van der Waals surface area contributed by atoms with Gasteiger partial charge < -0.3 is 34.5 Å². The molecule has 0 saturated carbocycles. The van der Waals surface area contributed by atoms with Gasteiger partial charge in [-0.1, -0.05) is 12.1 Å².